The van der Waals surface area contributed by atoms with Crippen molar-refractivity contribution >= 4 is 5.97 Å². The average molecular weight is 438 g/mol. The largest absolute Gasteiger partial charge is 0.457 e. The van der Waals surface area contributed by atoms with Crippen LogP contribution in [0.1, 0.15) is 56.1 Å². The van der Waals surface area contributed by atoms with Crippen LogP contribution >= 0.6 is 0 Å². The number of aliphatic hydroxyl groups is 1. The summed E-state index contributed by atoms with van der Waals surface area (Å²) in [6, 6.07) is 13.8. The van der Waals surface area contributed by atoms with Crippen LogP contribution in [0.3, 0.4) is 0 Å². The van der Waals surface area contributed by atoms with E-state index < -0.39 is 11.6 Å². The zero-order valence-corrected chi connectivity index (χ0v) is 19.3. The molecular weight excluding hydrogens is 400 g/mol. The van der Waals surface area contributed by atoms with Gasteiger partial charge in [-0.05, 0) is 30.0 Å². The third-order valence-corrected chi connectivity index (χ3v) is 7.85. The van der Waals surface area contributed by atoms with Gasteiger partial charge in [0.2, 0.25) is 0 Å². The SMILES string of the molecule is C[N+]1(CCc2cccnc2)CCCC1COC(=O)C(O)(c1ccccc1)C1CCCCC1. The second kappa shape index (κ2) is 10.1. The first-order chi connectivity index (χ1) is 15.5. The molecule has 1 saturated carbocycles. The summed E-state index contributed by atoms with van der Waals surface area (Å²) in [6.45, 7) is 2.46. The van der Waals surface area contributed by atoms with Crippen LogP contribution in [0.4, 0.5) is 0 Å². The fourth-order valence-corrected chi connectivity index (χ4v) is 5.69. The van der Waals surface area contributed by atoms with E-state index in [0.29, 0.717) is 12.2 Å². The van der Waals surface area contributed by atoms with Crippen LogP contribution in [0.25, 0.3) is 0 Å². The second-order valence-corrected chi connectivity index (χ2v) is 9.90. The van der Waals surface area contributed by atoms with Crippen molar-refractivity contribution in [3.05, 3.63) is 66.0 Å². The van der Waals surface area contributed by atoms with Crippen LogP contribution in [0.2, 0.25) is 0 Å². The third-order valence-electron chi connectivity index (χ3n) is 7.85. The Balaban J connectivity index is 1.44. The molecule has 2 aromatic rings. The molecule has 1 aromatic carbocycles. The molecule has 0 spiro atoms. The quantitative estimate of drug-likeness (QED) is 0.496. The summed E-state index contributed by atoms with van der Waals surface area (Å²) in [4.78, 5) is 17.7. The zero-order valence-electron chi connectivity index (χ0n) is 19.3. The number of benzene rings is 1. The number of hydrogen-bond donors (Lipinski definition) is 1. The molecule has 32 heavy (non-hydrogen) atoms. The molecule has 2 fully saturated rings. The summed E-state index contributed by atoms with van der Waals surface area (Å²) in [7, 11) is 2.27. The highest BCUT2D eigenvalue weighted by Gasteiger charge is 2.48. The Hall–Kier alpha value is -2.24. The van der Waals surface area contributed by atoms with Gasteiger partial charge in [0.1, 0.15) is 12.6 Å². The number of pyridine rings is 1. The minimum absolute atomic E-state index is 0.0822. The fourth-order valence-electron chi connectivity index (χ4n) is 5.69. The molecule has 1 aliphatic heterocycles. The molecule has 3 unspecified atom stereocenters. The lowest BCUT2D eigenvalue weighted by Gasteiger charge is -2.39. The van der Waals surface area contributed by atoms with Crippen molar-refractivity contribution in [3.63, 3.8) is 0 Å². The number of likely N-dealkylation sites (tertiary alicyclic amines) is 1. The van der Waals surface area contributed by atoms with E-state index in [9.17, 15) is 9.90 Å². The summed E-state index contributed by atoms with van der Waals surface area (Å²) in [5.74, 6) is -0.553. The second-order valence-electron chi connectivity index (χ2n) is 9.90. The molecule has 2 heterocycles. The average Bonchev–Trinajstić information content (AvgIpc) is 3.23. The number of quaternary nitrogens is 1. The van der Waals surface area contributed by atoms with E-state index in [1.54, 1.807) is 6.20 Å². The molecule has 1 aliphatic carbocycles. The molecule has 172 valence electrons. The van der Waals surface area contributed by atoms with Gasteiger partial charge in [0.15, 0.2) is 5.60 Å². The van der Waals surface area contributed by atoms with Crippen molar-refractivity contribution in [2.45, 2.75) is 63.0 Å². The van der Waals surface area contributed by atoms with E-state index in [0.717, 1.165) is 62.5 Å². The molecule has 0 amide bonds. The molecule has 1 saturated heterocycles. The van der Waals surface area contributed by atoms with Crippen molar-refractivity contribution in [2.75, 3.05) is 26.7 Å². The molecule has 0 radical (unpaired) electrons. The van der Waals surface area contributed by atoms with E-state index in [1.807, 2.05) is 42.6 Å². The molecule has 5 nitrogen and oxygen atoms in total. The van der Waals surface area contributed by atoms with Gasteiger partial charge in [0.25, 0.3) is 0 Å². The molecule has 1 aromatic heterocycles. The van der Waals surface area contributed by atoms with Crippen molar-refractivity contribution in [1.29, 1.82) is 0 Å². The number of likely N-dealkylation sites (N-methyl/N-ethyl adjacent to an activating group) is 1. The predicted molar refractivity (Wildman–Crippen MR) is 125 cm³/mol. The van der Waals surface area contributed by atoms with Crippen LogP contribution < -0.4 is 0 Å². The Kier molecular flexibility index (Phi) is 7.27. The smallest absolute Gasteiger partial charge is 0.343 e. The number of aromatic nitrogens is 1. The highest BCUT2D eigenvalue weighted by molar-refractivity contribution is 5.81. The van der Waals surface area contributed by atoms with Crippen LogP contribution in [0.5, 0.6) is 0 Å². The Morgan fingerprint density at radius 3 is 2.59 bits per heavy atom. The fraction of sp³-hybridized carbons (Fsp3) is 0.556. The zero-order chi connectivity index (χ0) is 22.4. The topological polar surface area (TPSA) is 59.4 Å². The third kappa shape index (κ3) is 4.89. The van der Waals surface area contributed by atoms with E-state index in [4.69, 9.17) is 4.74 Å². The Labute approximate surface area is 192 Å². The molecule has 4 rings (SSSR count). The number of carbonyl (C=O) groups excluding carboxylic acids is 1. The number of ether oxygens (including phenoxy) is 1. The van der Waals surface area contributed by atoms with Gasteiger partial charge < -0.3 is 14.3 Å². The summed E-state index contributed by atoms with van der Waals surface area (Å²) in [6.07, 6.45) is 11.9. The molecule has 0 bridgehead atoms. The molecular formula is C27H37N2O3+. The van der Waals surface area contributed by atoms with Gasteiger partial charge in [0, 0.05) is 37.6 Å². The van der Waals surface area contributed by atoms with Gasteiger partial charge >= 0.3 is 5.97 Å². The van der Waals surface area contributed by atoms with Gasteiger partial charge in [-0.1, -0.05) is 55.7 Å². The minimum atomic E-state index is -1.56. The summed E-state index contributed by atoms with van der Waals surface area (Å²) in [5.41, 5.74) is 0.349. The maximum Gasteiger partial charge on any atom is 0.343 e. The van der Waals surface area contributed by atoms with Crippen LogP contribution in [-0.4, -0.2) is 53.3 Å². The standard InChI is InChI=1S/C27H37N2O3/c1-29(19-16-22-10-8-17-28-20-22)18-9-15-25(29)21-32-26(30)27(31,23-11-4-2-5-12-23)24-13-6-3-7-14-24/h2,4-5,8,10-12,17,20,24-25,31H,3,6-7,9,13-16,18-19,21H2,1H3/q+1. The first-order valence-corrected chi connectivity index (χ1v) is 12.2. The molecule has 2 aliphatic rings. The van der Waals surface area contributed by atoms with Crippen molar-refractivity contribution < 1.29 is 19.1 Å². The summed E-state index contributed by atoms with van der Waals surface area (Å²) >= 11 is 0. The van der Waals surface area contributed by atoms with Gasteiger partial charge in [-0.2, -0.15) is 0 Å². The van der Waals surface area contributed by atoms with Gasteiger partial charge in [-0.15, -0.1) is 0 Å². The number of rotatable bonds is 8. The lowest BCUT2D eigenvalue weighted by atomic mass is 9.73. The van der Waals surface area contributed by atoms with Gasteiger partial charge in [-0.3, -0.25) is 4.98 Å². The number of nitrogens with zero attached hydrogens (tertiary/aromatic N) is 2. The van der Waals surface area contributed by atoms with Crippen molar-refractivity contribution in [1.82, 2.24) is 4.98 Å². The van der Waals surface area contributed by atoms with Crippen molar-refractivity contribution in [2.24, 2.45) is 5.92 Å². The van der Waals surface area contributed by atoms with Crippen LogP contribution in [0.15, 0.2) is 54.9 Å². The molecule has 5 heteroatoms. The monoisotopic (exact) mass is 437 g/mol. The van der Waals surface area contributed by atoms with Gasteiger partial charge in [0.05, 0.1) is 20.1 Å². The van der Waals surface area contributed by atoms with E-state index >= 15 is 0 Å². The molecule has 3 atom stereocenters. The normalized spacial score (nSPS) is 25.9. The maximum atomic E-state index is 13.4. The maximum absolute atomic E-state index is 13.4. The first-order valence-electron chi connectivity index (χ1n) is 12.2. The lowest BCUT2D eigenvalue weighted by Crippen LogP contribution is -2.52. The number of esters is 1. The highest BCUT2D eigenvalue weighted by Crippen LogP contribution is 2.40. The summed E-state index contributed by atoms with van der Waals surface area (Å²) < 4.78 is 6.83. The van der Waals surface area contributed by atoms with Crippen molar-refractivity contribution in [3.8, 4) is 0 Å². The Morgan fingerprint density at radius 2 is 1.88 bits per heavy atom. The first kappa shape index (κ1) is 22.9. The van der Waals surface area contributed by atoms with E-state index in [-0.39, 0.29) is 12.0 Å². The number of hydrogen-bond acceptors (Lipinski definition) is 4. The Bertz CT molecular complexity index is 869. The van der Waals surface area contributed by atoms with Gasteiger partial charge in [-0.25, -0.2) is 4.79 Å². The van der Waals surface area contributed by atoms with E-state index in [1.165, 1.54) is 12.0 Å². The summed E-state index contributed by atoms with van der Waals surface area (Å²) in [5, 5.41) is 11.7. The highest BCUT2D eigenvalue weighted by atomic mass is 16.6. The van der Waals surface area contributed by atoms with Crippen LogP contribution in [-0.2, 0) is 21.6 Å². The lowest BCUT2D eigenvalue weighted by molar-refractivity contribution is -0.921. The van der Waals surface area contributed by atoms with E-state index in [2.05, 4.69) is 18.1 Å². The number of carbonyl (C=O) groups is 1. The predicted octanol–water partition coefficient (Wildman–Crippen LogP) is 4.24. The minimum Gasteiger partial charge on any atom is -0.457 e. The van der Waals surface area contributed by atoms with Crippen LogP contribution in [0, 0.1) is 5.92 Å². The Morgan fingerprint density at radius 1 is 1.09 bits per heavy atom. The molecule has 1 N–H and O–H groups in total.